The average molecular weight is 793 g/mol. The van der Waals surface area contributed by atoms with Crippen LogP contribution in [0.3, 0.4) is 0 Å². The number of aldehydes is 1. The van der Waals surface area contributed by atoms with Gasteiger partial charge in [-0.2, -0.15) is 9.37 Å². The van der Waals surface area contributed by atoms with Gasteiger partial charge in [0.1, 0.15) is 11.5 Å². The maximum Gasteiger partial charge on any atom is 0.227 e. The molecule has 0 aliphatic rings. The Morgan fingerprint density at radius 1 is 0.872 bits per heavy atom. The van der Waals surface area contributed by atoms with Crippen molar-refractivity contribution in [2.45, 2.75) is 13.1 Å². The van der Waals surface area contributed by atoms with Crippen molar-refractivity contribution in [2.24, 2.45) is 5.73 Å². The number of fused-ring (bicyclic) bond motifs is 1. The van der Waals surface area contributed by atoms with E-state index in [1.165, 1.54) is 12.3 Å². The van der Waals surface area contributed by atoms with Crippen LogP contribution in [0.25, 0.3) is 11.0 Å². The number of carbonyl (C=O) groups excluding carboxylic acids is 1. The summed E-state index contributed by atoms with van der Waals surface area (Å²) in [5, 5.41) is 8.12. The Kier molecular flexibility index (Phi) is 15.9. The number of hydrogen-bond donors (Lipinski definition) is 2. The first-order chi connectivity index (χ1) is 22.0. The SMILES string of the molecule is COc1ccc(CN(C)C(=N)N)cc1.COc1ccc(CN(C)c2ncc3cc(Br)cnc3n2)cc1.Cl.O=Cc1cc(Br)cnc1F. The van der Waals surface area contributed by atoms with Crippen molar-refractivity contribution in [1.29, 1.82) is 5.41 Å². The van der Waals surface area contributed by atoms with Crippen molar-refractivity contribution in [3.63, 3.8) is 0 Å². The number of benzene rings is 2. The van der Waals surface area contributed by atoms with E-state index in [4.69, 9.17) is 20.6 Å². The van der Waals surface area contributed by atoms with Gasteiger partial charge in [0.2, 0.25) is 11.9 Å². The summed E-state index contributed by atoms with van der Waals surface area (Å²) in [4.78, 5) is 30.3. The first-order valence-electron chi connectivity index (χ1n) is 13.6. The molecule has 3 N–H and O–H groups in total. The fourth-order valence-electron chi connectivity index (χ4n) is 3.76. The molecule has 0 aliphatic heterocycles. The number of nitrogens with zero attached hydrogens (tertiary/aromatic N) is 6. The summed E-state index contributed by atoms with van der Waals surface area (Å²) in [6, 6.07) is 19.0. The molecule has 0 aliphatic carbocycles. The van der Waals surface area contributed by atoms with Gasteiger partial charge in [0, 0.05) is 60.1 Å². The van der Waals surface area contributed by atoms with Gasteiger partial charge < -0.3 is 25.0 Å². The number of ether oxygens (including phenoxy) is 2. The number of aromatic nitrogens is 4. The number of anilines is 1. The standard InChI is InChI=1S/C16H15BrN4O.C10H15N3O.C6H3BrFNO.ClH/c1-21(10-11-3-5-14(22-2)6-4-11)16-19-8-12-7-13(17)9-18-15(12)20-16;1-13(10(11)12)7-8-3-5-9(14-2)6-4-8;7-5-1-4(3-10)6(8)9-2-5;/h3-9H,10H2,1-2H3;3-6H,7H2,1-2H3,(H3,11,12);1-3H;1H. The highest BCUT2D eigenvalue weighted by Crippen LogP contribution is 2.19. The van der Waals surface area contributed by atoms with Crippen LogP contribution in [0.5, 0.6) is 11.5 Å². The van der Waals surface area contributed by atoms with Crippen molar-refractivity contribution in [3.8, 4) is 11.5 Å². The molecule has 0 saturated carbocycles. The van der Waals surface area contributed by atoms with Crippen molar-refractivity contribution < 1.29 is 18.7 Å². The summed E-state index contributed by atoms with van der Waals surface area (Å²) in [5.41, 5.74) is 8.24. The summed E-state index contributed by atoms with van der Waals surface area (Å²) >= 11 is 6.45. The van der Waals surface area contributed by atoms with Gasteiger partial charge in [0.15, 0.2) is 17.9 Å². The van der Waals surface area contributed by atoms with Gasteiger partial charge >= 0.3 is 0 Å². The van der Waals surface area contributed by atoms with Gasteiger partial charge in [-0.15, -0.1) is 12.4 Å². The number of rotatable bonds is 8. The Morgan fingerprint density at radius 3 is 1.91 bits per heavy atom. The fourth-order valence-corrected chi connectivity index (χ4v) is 4.46. The Bertz CT molecular complexity index is 1750. The quantitative estimate of drug-likeness (QED) is 0.0757. The van der Waals surface area contributed by atoms with Crippen molar-refractivity contribution >= 4 is 73.5 Å². The van der Waals surface area contributed by atoms with Gasteiger partial charge in [-0.25, -0.2) is 15.0 Å². The van der Waals surface area contributed by atoms with Gasteiger partial charge in [-0.1, -0.05) is 24.3 Å². The van der Waals surface area contributed by atoms with Crippen LogP contribution in [0.15, 0.2) is 88.2 Å². The van der Waals surface area contributed by atoms with Crippen LogP contribution in [0.4, 0.5) is 10.3 Å². The molecule has 47 heavy (non-hydrogen) atoms. The van der Waals surface area contributed by atoms with E-state index in [2.05, 4.69) is 51.8 Å². The summed E-state index contributed by atoms with van der Waals surface area (Å²) in [5.74, 6) is 1.67. The zero-order valence-corrected chi connectivity index (χ0v) is 30.0. The van der Waals surface area contributed by atoms with Gasteiger partial charge in [-0.05, 0) is 79.4 Å². The van der Waals surface area contributed by atoms with E-state index in [0.717, 1.165) is 32.5 Å². The number of pyridine rings is 2. The summed E-state index contributed by atoms with van der Waals surface area (Å²) in [6.07, 6.45) is 5.25. The van der Waals surface area contributed by atoms with E-state index in [-0.39, 0.29) is 23.9 Å². The number of hydrogen-bond acceptors (Lipinski definition) is 9. The largest absolute Gasteiger partial charge is 0.497 e. The van der Waals surface area contributed by atoms with Crippen LogP contribution < -0.4 is 20.1 Å². The van der Waals surface area contributed by atoms with E-state index < -0.39 is 5.95 Å². The molecule has 0 saturated heterocycles. The molecule has 3 heterocycles. The van der Waals surface area contributed by atoms with Crippen molar-refractivity contribution in [3.05, 3.63) is 111 Å². The highest BCUT2D eigenvalue weighted by molar-refractivity contribution is 9.10. The minimum absolute atomic E-state index is 0. The maximum atomic E-state index is 12.4. The lowest BCUT2D eigenvalue weighted by Gasteiger charge is -2.17. The van der Waals surface area contributed by atoms with E-state index >= 15 is 0 Å². The number of nitrogens with two attached hydrogens (primary N) is 1. The van der Waals surface area contributed by atoms with Crippen LogP contribution >= 0.6 is 44.3 Å². The van der Waals surface area contributed by atoms with Crippen LogP contribution in [0.2, 0.25) is 0 Å². The summed E-state index contributed by atoms with van der Waals surface area (Å²) < 4.78 is 24.1. The van der Waals surface area contributed by atoms with E-state index in [0.29, 0.717) is 35.4 Å². The minimum Gasteiger partial charge on any atom is -0.497 e. The van der Waals surface area contributed by atoms with Crippen molar-refractivity contribution in [1.82, 2.24) is 24.8 Å². The maximum absolute atomic E-state index is 12.4. The summed E-state index contributed by atoms with van der Waals surface area (Å²) in [7, 11) is 7.04. The molecule has 248 valence electrons. The summed E-state index contributed by atoms with van der Waals surface area (Å²) in [6.45, 7) is 1.35. The number of methoxy groups -OCH3 is 2. The van der Waals surface area contributed by atoms with E-state index in [9.17, 15) is 9.18 Å². The highest BCUT2D eigenvalue weighted by Gasteiger charge is 2.08. The first-order valence-corrected chi connectivity index (χ1v) is 15.2. The Hall–Kier alpha value is -4.40. The Balaban J connectivity index is 0.000000265. The molecule has 11 nitrogen and oxygen atoms in total. The molecule has 0 atom stereocenters. The third kappa shape index (κ3) is 12.4. The van der Waals surface area contributed by atoms with Gasteiger partial charge in [0.25, 0.3) is 0 Å². The molecule has 3 aromatic heterocycles. The second-order valence-electron chi connectivity index (χ2n) is 9.68. The zero-order chi connectivity index (χ0) is 33.6. The topological polar surface area (TPSA) is 143 Å². The molecule has 0 fully saturated rings. The average Bonchev–Trinajstić information content (AvgIpc) is 3.06. The molecule has 0 bridgehead atoms. The van der Waals surface area contributed by atoms with Crippen LogP contribution in [-0.2, 0) is 13.1 Å². The Morgan fingerprint density at radius 2 is 1.40 bits per heavy atom. The normalized spacial score (nSPS) is 9.85. The molecule has 0 unspecified atom stereocenters. The number of nitrogens with one attached hydrogen (secondary N) is 1. The first kappa shape index (κ1) is 38.8. The lowest BCUT2D eigenvalue weighted by atomic mass is 10.2. The predicted molar refractivity (Wildman–Crippen MR) is 191 cm³/mol. The molecule has 5 rings (SSSR count). The van der Waals surface area contributed by atoms with Gasteiger partial charge in [-0.3, -0.25) is 10.2 Å². The predicted octanol–water partition coefficient (Wildman–Crippen LogP) is 6.67. The smallest absolute Gasteiger partial charge is 0.227 e. The molecule has 0 amide bonds. The number of halogens is 4. The molecule has 2 aromatic carbocycles. The second-order valence-corrected chi connectivity index (χ2v) is 11.5. The fraction of sp³-hybridized carbons (Fsp3) is 0.188. The van der Waals surface area contributed by atoms with E-state index in [1.807, 2.05) is 66.5 Å². The van der Waals surface area contributed by atoms with Crippen molar-refractivity contribution in [2.75, 3.05) is 33.2 Å². The third-order valence-electron chi connectivity index (χ3n) is 6.26. The number of carbonyl (C=O) groups is 1. The minimum atomic E-state index is -0.738. The molecule has 5 aromatic rings. The van der Waals surface area contributed by atoms with Crippen LogP contribution in [0, 0.1) is 11.4 Å². The molecule has 0 radical (unpaired) electrons. The Labute approximate surface area is 295 Å². The molecule has 15 heteroatoms. The van der Waals surface area contributed by atoms with Gasteiger partial charge in [0.05, 0.1) is 19.8 Å². The third-order valence-corrected chi connectivity index (χ3v) is 7.12. The molecular formula is C32H34Br2ClFN8O3. The van der Waals surface area contributed by atoms with E-state index in [1.54, 1.807) is 38.6 Å². The lowest BCUT2D eigenvalue weighted by molar-refractivity contribution is 0.111. The molecular weight excluding hydrogens is 759 g/mol. The highest BCUT2D eigenvalue weighted by atomic mass is 79.9. The lowest BCUT2D eigenvalue weighted by Crippen LogP contribution is -2.32. The van der Waals surface area contributed by atoms with Crippen LogP contribution in [-0.4, -0.2) is 65.4 Å². The molecule has 0 spiro atoms. The zero-order valence-electron chi connectivity index (χ0n) is 26.0. The number of guanidine groups is 1. The second kappa shape index (κ2) is 19.3. The monoisotopic (exact) mass is 790 g/mol. The van der Waals surface area contributed by atoms with Crippen LogP contribution in [0.1, 0.15) is 21.5 Å².